The molecule has 0 aliphatic heterocycles. The molecule has 0 aromatic heterocycles. The Labute approximate surface area is 108 Å². The Bertz CT molecular complexity index is 352. The third kappa shape index (κ3) is 5.80. The van der Waals surface area contributed by atoms with Gasteiger partial charge >= 0.3 is 0 Å². The Hall–Kier alpha value is -1.39. The number of aliphatic hydroxyl groups excluding tert-OH is 1. The van der Waals surface area contributed by atoms with E-state index in [1.807, 2.05) is 44.2 Å². The smallest absolute Gasteiger partial charge is 0.234 e. The van der Waals surface area contributed by atoms with Crippen LogP contribution >= 0.6 is 0 Å². The minimum Gasteiger partial charge on any atom is -0.394 e. The van der Waals surface area contributed by atoms with Gasteiger partial charge in [-0.05, 0) is 12.0 Å². The first-order valence-electron chi connectivity index (χ1n) is 6.29. The predicted octanol–water partition coefficient (Wildman–Crippen LogP) is 0.704. The molecule has 1 rings (SSSR count). The van der Waals surface area contributed by atoms with Crippen molar-refractivity contribution in [2.24, 2.45) is 0 Å². The van der Waals surface area contributed by atoms with Gasteiger partial charge in [0.15, 0.2) is 0 Å². The molecule has 0 heterocycles. The van der Waals surface area contributed by atoms with E-state index >= 15 is 0 Å². The molecule has 1 amide bonds. The van der Waals surface area contributed by atoms with Gasteiger partial charge in [0.1, 0.15) is 0 Å². The summed E-state index contributed by atoms with van der Waals surface area (Å²) in [5, 5.41) is 15.1. The maximum atomic E-state index is 11.6. The molecule has 0 saturated carbocycles. The number of nitrogens with one attached hydrogen (secondary N) is 2. The average molecular weight is 250 g/mol. The molecule has 3 N–H and O–H groups in total. The lowest BCUT2D eigenvalue weighted by Gasteiger charge is -2.17. The van der Waals surface area contributed by atoms with Gasteiger partial charge in [0.2, 0.25) is 5.91 Å². The molecule has 0 fully saturated rings. The summed E-state index contributed by atoms with van der Waals surface area (Å²) in [7, 11) is 0. The van der Waals surface area contributed by atoms with Crippen LogP contribution in [-0.4, -0.2) is 36.2 Å². The predicted molar refractivity (Wildman–Crippen MR) is 72.3 cm³/mol. The van der Waals surface area contributed by atoms with E-state index in [2.05, 4.69) is 10.6 Å². The van der Waals surface area contributed by atoms with Crippen molar-refractivity contribution in [3.63, 3.8) is 0 Å². The van der Waals surface area contributed by atoms with Gasteiger partial charge < -0.3 is 15.7 Å². The SMILES string of the molecule is CC(C)NCC(=O)NC(CO)Cc1ccccc1. The number of hydrogen-bond donors (Lipinski definition) is 3. The molecule has 1 aromatic carbocycles. The highest BCUT2D eigenvalue weighted by atomic mass is 16.3. The minimum atomic E-state index is -0.228. The van der Waals surface area contributed by atoms with Gasteiger partial charge in [-0.15, -0.1) is 0 Å². The molecule has 1 aromatic rings. The highest BCUT2D eigenvalue weighted by Crippen LogP contribution is 2.02. The minimum absolute atomic E-state index is 0.0533. The Morgan fingerprint density at radius 1 is 1.28 bits per heavy atom. The number of amides is 1. The third-order valence-electron chi connectivity index (χ3n) is 2.58. The Morgan fingerprint density at radius 3 is 2.50 bits per heavy atom. The first kappa shape index (κ1) is 14.7. The van der Waals surface area contributed by atoms with Crippen molar-refractivity contribution in [2.45, 2.75) is 32.4 Å². The summed E-state index contributed by atoms with van der Waals surface area (Å²) in [5.74, 6) is -0.0846. The maximum Gasteiger partial charge on any atom is 0.234 e. The summed E-state index contributed by atoms with van der Waals surface area (Å²) in [5.41, 5.74) is 1.11. The fourth-order valence-electron chi connectivity index (χ4n) is 1.64. The van der Waals surface area contributed by atoms with Gasteiger partial charge in [-0.1, -0.05) is 44.2 Å². The van der Waals surface area contributed by atoms with Crippen molar-refractivity contribution in [1.29, 1.82) is 0 Å². The quantitative estimate of drug-likeness (QED) is 0.668. The largest absolute Gasteiger partial charge is 0.394 e. The lowest BCUT2D eigenvalue weighted by Crippen LogP contribution is -2.44. The monoisotopic (exact) mass is 250 g/mol. The number of benzene rings is 1. The molecule has 1 atom stereocenters. The Morgan fingerprint density at radius 2 is 1.94 bits per heavy atom. The second-order valence-corrected chi connectivity index (χ2v) is 4.67. The summed E-state index contributed by atoms with van der Waals surface area (Å²) in [6.07, 6.45) is 0.644. The fraction of sp³-hybridized carbons (Fsp3) is 0.500. The lowest BCUT2D eigenvalue weighted by atomic mass is 10.1. The molecule has 1 unspecified atom stereocenters. The number of carbonyl (C=O) groups is 1. The van der Waals surface area contributed by atoms with Crippen LogP contribution in [0.4, 0.5) is 0 Å². The van der Waals surface area contributed by atoms with Crippen molar-refractivity contribution < 1.29 is 9.90 Å². The number of aliphatic hydroxyl groups is 1. The summed E-state index contributed by atoms with van der Waals surface area (Å²) in [4.78, 5) is 11.6. The normalized spacial score (nSPS) is 12.4. The van der Waals surface area contributed by atoms with Crippen LogP contribution in [0.2, 0.25) is 0 Å². The number of carbonyl (C=O) groups excluding carboxylic acids is 1. The zero-order chi connectivity index (χ0) is 13.4. The first-order chi connectivity index (χ1) is 8.61. The van der Waals surface area contributed by atoms with Crippen molar-refractivity contribution in [3.05, 3.63) is 35.9 Å². The Balaban J connectivity index is 2.40. The van der Waals surface area contributed by atoms with Crippen LogP contribution in [0.1, 0.15) is 19.4 Å². The van der Waals surface area contributed by atoms with Crippen molar-refractivity contribution in [1.82, 2.24) is 10.6 Å². The molecule has 0 bridgehead atoms. The summed E-state index contributed by atoms with van der Waals surface area (Å²) in [6.45, 7) is 4.20. The molecule has 0 aliphatic carbocycles. The second-order valence-electron chi connectivity index (χ2n) is 4.67. The molecule has 0 spiro atoms. The van der Waals surface area contributed by atoms with Gasteiger partial charge in [0, 0.05) is 6.04 Å². The topological polar surface area (TPSA) is 61.4 Å². The standard InChI is InChI=1S/C14H22N2O2/c1-11(2)15-9-14(18)16-13(10-17)8-12-6-4-3-5-7-12/h3-7,11,13,15,17H,8-10H2,1-2H3,(H,16,18). The van der Waals surface area contributed by atoms with E-state index in [1.54, 1.807) is 0 Å². The number of rotatable bonds is 7. The molecule has 100 valence electrons. The van der Waals surface area contributed by atoms with Gasteiger partial charge in [0.05, 0.1) is 19.2 Å². The molecular weight excluding hydrogens is 228 g/mol. The molecule has 18 heavy (non-hydrogen) atoms. The van der Waals surface area contributed by atoms with Crippen molar-refractivity contribution in [2.75, 3.05) is 13.2 Å². The van der Waals surface area contributed by atoms with Gasteiger partial charge in [0.25, 0.3) is 0 Å². The van der Waals surface area contributed by atoms with E-state index in [1.165, 1.54) is 0 Å². The van der Waals surface area contributed by atoms with Crippen molar-refractivity contribution in [3.8, 4) is 0 Å². The molecule has 4 nitrogen and oxygen atoms in total. The van der Waals surface area contributed by atoms with Crippen LogP contribution in [0.5, 0.6) is 0 Å². The van der Waals surface area contributed by atoms with Crippen LogP contribution in [0.3, 0.4) is 0 Å². The van der Waals surface area contributed by atoms with E-state index < -0.39 is 0 Å². The lowest BCUT2D eigenvalue weighted by molar-refractivity contribution is -0.121. The van der Waals surface area contributed by atoms with E-state index in [9.17, 15) is 9.90 Å². The summed E-state index contributed by atoms with van der Waals surface area (Å²) in [6, 6.07) is 9.87. The van der Waals surface area contributed by atoms with Crippen LogP contribution in [-0.2, 0) is 11.2 Å². The fourth-order valence-corrected chi connectivity index (χ4v) is 1.64. The zero-order valence-corrected chi connectivity index (χ0v) is 11.0. The van der Waals surface area contributed by atoms with Crippen LogP contribution < -0.4 is 10.6 Å². The molecule has 0 aliphatic rings. The maximum absolute atomic E-state index is 11.6. The van der Waals surface area contributed by atoms with Crippen LogP contribution in [0, 0.1) is 0 Å². The third-order valence-corrected chi connectivity index (χ3v) is 2.58. The van der Waals surface area contributed by atoms with Crippen molar-refractivity contribution >= 4 is 5.91 Å². The second kappa shape index (κ2) is 7.84. The van der Waals surface area contributed by atoms with Crippen LogP contribution in [0.15, 0.2) is 30.3 Å². The van der Waals surface area contributed by atoms with Crippen LogP contribution in [0.25, 0.3) is 0 Å². The first-order valence-corrected chi connectivity index (χ1v) is 6.29. The number of hydrogen-bond acceptors (Lipinski definition) is 3. The summed E-state index contributed by atoms with van der Waals surface area (Å²) >= 11 is 0. The van der Waals surface area contributed by atoms with E-state index in [0.29, 0.717) is 6.42 Å². The highest BCUT2D eigenvalue weighted by molar-refractivity contribution is 5.78. The van der Waals surface area contributed by atoms with Gasteiger partial charge in [-0.2, -0.15) is 0 Å². The summed E-state index contributed by atoms with van der Waals surface area (Å²) < 4.78 is 0. The molecule has 4 heteroatoms. The van der Waals surface area contributed by atoms with E-state index in [4.69, 9.17) is 0 Å². The Kier molecular flexibility index (Phi) is 6.39. The highest BCUT2D eigenvalue weighted by Gasteiger charge is 2.11. The molecular formula is C14H22N2O2. The molecule has 0 radical (unpaired) electrons. The van der Waals surface area contributed by atoms with E-state index in [-0.39, 0.29) is 31.1 Å². The zero-order valence-electron chi connectivity index (χ0n) is 11.0. The average Bonchev–Trinajstić information content (AvgIpc) is 2.37. The van der Waals surface area contributed by atoms with Gasteiger partial charge in [-0.3, -0.25) is 4.79 Å². The molecule has 0 saturated heterocycles. The van der Waals surface area contributed by atoms with E-state index in [0.717, 1.165) is 5.56 Å². The van der Waals surface area contributed by atoms with Gasteiger partial charge in [-0.25, -0.2) is 0 Å².